The lowest BCUT2D eigenvalue weighted by atomic mass is 10.2. The van der Waals surface area contributed by atoms with Crippen LogP contribution in [0.25, 0.3) is 0 Å². The molecule has 0 amide bonds. The van der Waals surface area contributed by atoms with E-state index in [4.69, 9.17) is 16.9 Å². The molecule has 0 radical (unpaired) electrons. The van der Waals surface area contributed by atoms with Gasteiger partial charge in [-0.2, -0.15) is 0 Å². The SMILES string of the molecule is COC(=O)[C@@H]1C[C@@H](O)CN1Cl. The Hall–Kier alpha value is -0.320. The minimum atomic E-state index is -0.517. The molecule has 1 aliphatic rings. The third kappa shape index (κ3) is 1.83. The average molecular weight is 180 g/mol. The van der Waals surface area contributed by atoms with Crippen LogP contribution in [0.2, 0.25) is 0 Å². The number of carbonyl (C=O) groups excluding carboxylic acids is 1. The van der Waals surface area contributed by atoms with Crippen molar-refractivity contribution in [2.24, 2.45) is 0 Å². The molecule has 0 aromatic carbocycles. The number of ether oxygens (including phenoxy) is 1. The number of aliphatic hydroxyl groups excluding tert-OH is 1. The number of hydrogen-bond acceptors (Lipinski definition) is 4. The highest BCUT2D eigenvalue weighted by Crippen LogP contribution is 2.20. The van der Waals surface area contributed by atoms with Gasteiger partial charge in [-0.15, -0.1) is 0 Å². The summed E-state index contributed by atoms with van der Waals surface area (Å²) in [6.45, 7) is 0.321. The molecule has 0 saturated carbocycles. The van der Waals surface area contributed by atoms with Crippen LogP contribution < -0.4 is 0 Å². The van der Waals surface area contributed by atoms with Crippen molar-refractivity contribution in [3.8, 4) is 0 Å². The van der Waals surface area contributed by atoms with E-state index in [9.17, 15) is 4.79 Å². The summed E-state index contributed by atoms with van der Waals surface area (Å²) in [5, 5.41) is 9.08. The summed E-state index contributed by atoms with van der Waals surface area (Å²) < 4.78 is 5.75. The van der Waals surface area contributed by atoms with Gasteiger partial charge in [-0.3, -0.25) is 4.79 Å². The van der Waals surface area contributed by atoms with E-state index in [1.54, 1.807) is 0 Å². The molecule has 0 unspecified atom stereocenters. The molecule has 1 heterocycles. The van der Waals surface area contributed by atoms with E-state index < -0.39 is 18.1 Å². The van der Waals surface area contributed by atoms with Gasteiger partial charge in [0.1, 0.15) is 6.04 Å². The molecule has 1 rings (SSSR count). The van der Waals surface area contributed by atoms with E-state index in [1.165, 1.54) is 11.5 Å². The maximum Gasteiger partial charge on any atom is 0.324 e. The quantitative estimate of drug-likeness (QED) is 0.446. The van der Waals surface area contributed by atoms with Gasteiger partial charge in [0.25, 0.3) is 0 Å². The lowest BCUT2D eigenvalue weighted by Gasteiger charge is -2.12. The summed E-state index contributed by atoms with van der Waals surface area (Å²) in [5.74, 6) is -0.392. The Morgan fingerprint density at radius 3 is 2.82 bits per heavy atom. The molecule has 4 nitrogen and oxygen atoms in total. The second kappa shape index (κ2) is 3.38. The number of esters is 1. The Morgan fingerprint density at radius 2 is 2.45 bits per heavy atom. The number of methoxy groups -OCH3 is 1. The van der Waals surface area contributed by atoms with Gasteiger partial charge in [-0.1, -0.05) is 0 Å². The predicted molar refractivity (Wildman–Crippen MR) is 39.0 cm³/mol. The zero-order valence-electron chi connectivity index (χ0n) is 6.16. The maximum absolute atomic E-state index is 10.9. The van der Waals surface area contributed by atoms with Crippen molar-refractivity contribution in [3.63, 3.8) is 0 Å². The topological polar surface area (TPSA) is 49.8 Å². The molecule has 0 bridgehead atoms. The average Bonchev–Trinajstić information content (AvgIpc) is 2.28. The Balaban J connectivity index is 2.52. The Morgan fingerprint density at radius 1 is 1.82 bits per heavy atom. The molecule has 11 heavy (non-hydrogen) atoms. The van der Waals surface area contributed by atoms with Crippen LogP contribution in [-0.2, 0) is 9.53 Å². The fraction of sp³-hybridized carbons (Fsp3) is 0.833. The first-order valence-electron chi connectivity index (χ1n) is 3.33. The Labute approximate surface area is 69.8 Å². The summed E-state index contributed by atoms with van der Waals surface area (Å²) in [6.07, 6.45) is -0.160. The van der Waals surface area contributed by atoms with Gasteiger partial charge in [0.2, 0.25) is 0 Å². The van der Waals surface area contributed by atoms with E-state index >= 15 is 0 Å². The van der Waals surface area contributed by atoms with Gasteiger partial charge >= 0.3 is 5.97 Å². The van der Waals surface area contributed by atoms with Gasteiger partial charge in [-0.05, 0) is 11.8 Å². The predicted octanol–water partition coefficient (Wildman–Crippen LogP) is -0.252. The lowest BCUT2D eigenvalue weighted by Crippen LogP contribution is -2.30. The van der Waals surface area contributed by atoms with Crippen LogP contribution in [0.4, 0.5) is 0 Å². The number of rotatable bonds is 1. The smallest absolute Gasteiger partial charge is 0.324 e. The summed E-state index contributed by atoms with van der Waals surface area (Å²) in [6, 6.07) is -0.489. The first-order valence-corrected chi connectivity index (χ1v) is 3.67. The fourth-order valence-corrected chi connectivity index (χ4v) is 1.44. The van der Waals surface area contributed by atoms with Crippen molar-refractivity contribution in [2.45, 2.75) is 18.6 Å². The van der Waals surface area contributed by atoms with Crippen LogP contribution in [-0.4, -0.2) is 41.3 Å². The van der Waals surface area contributed by atoms with Crippen molar-refractivity contribution < 1.29 is 14.6 Å². The van der Waals surface area contributed by atoms with Crippen LogP contribution in [0.15, 0.2) is 0 Å². The highest BCUT2D eigenvalue weighted by molar-refractivity contribution is 6.15. The summed E-state index contributed by atoms with van der Waals surface area (Å²) in [7, 11) is 1.30. The van der Waals surface area contributed by atoms with Crippen molar-refractivity contribution >= 4 is 17.7 Å². The Kier molecular flexibility index (Phi) is 2.70. The number of hydrogen-bond donors (Lipinski definition) is 1. The second-order valence-electron chi connectivity index (χ2n) is 2.51. The highest BCUT2D eigenvalue weighted by atomic mass is 35.5. The van der Waals surface area contributed by atoms with E-state index in [0.717, 1.165) is 0 Å². The first-order chi connectivity index (χ1) is 5.15. The molecule has 0 aliphatic carbocycles. The van der Waals surface area contributed by atoms with Crippen molar-refractivity contribution in [2.75, 3.05) is 13.7 Å². The molecule has 1 saturated heterocycles. The normalized spacial score (nSPS) is 32.3. The number of halogens is 1. The van der Waals surface area contributed by atoms with Gasteiger partial charge in [0.15, 0.2) is 0 Å². The van der Waals surface area contributed by atoms with Crippen molar-refractivity contribution in [1.29, 1.82) is 0 Å². The van der Waals surface area contributed by atoms with Gasteiger partial charge in [0, 0.05) is 13.0 Å². The molecule has 1 fully saturated rings. The fourth-order valence-electron chi connectivity index (χ4n) is 1.12. The van der Waals surface area contributed by atoms with Gasteiger partial charge in [-0.25, -0.2) is 4.42 Å². The third-order valence-electron chi connectivity index (χ3n) is 1.69. The van der Waals surface area contributed by atoms with Crippen LogP contribution in [0.5, 0.6) is 0 Å². The van der Waals surface area contributed by atoms with E-state index in [1.807, 2.05) is 0 Å². The zero-order chi connectivity index (χ0) is 8.43. The largest absolute Gasteiger partial charge is 0.468 e. The van der Waals surface area contributed by atoms with E-state index in [0.29, 0.717) is 13.0 Å². The standard InChI is InChI=1S/C6H10ClNO3/c1-11-6(10)5-2-4(9)3-8(5)7/h4-5,9H,2-3H2,1H3/t4-,5+/m1/s1. The van der Waals surface area contributed by atoms with Crippen LogP contribution in [0.3, 0.4) is 0 Å². The highest BCUT2D eigenvalue weighted by Gasteiger charge is 2.35. The maximum atomic E-state index is 10.9. The third-order valence-corrected chi connectivity index (χ3v) is 2.07. The van der Waals surface area contributed by atoms with Crippen LogP contribution in [0.1, 0.15) is 6.42 Å². The number of β-amino-alcohol motifs (C(OH)–C–C–N with tert-alkyl or cyclic N) is 1. The molecule has 0 aromatic heterocycles. The second-order valence-corrected chi connectivity index (χ2v) is 2.94. The zero-order valence-corrected chi connectivity index (χ0v) is 6.91. The molecule has 2 atom stereocenters. The molecule has 0 aromatic rings. The van der Waals surface area contributed by atoms with E-state index in [2.05, 4.69) is 4.74 Å². The molecule has 0 spiro atoms. The van der Waals surface area contributed by atoms with Crippen LogP contribution in [0, 0.1) is 0 Å². The van der Waals surface area contributed by atoms with E-state index in [-0.39, 0.29) is 0 Å². The number of carbonyl (C=O) groups is 1. The summed E-state index contributed by atoms with van der Waals surface area (Å²) in [4.78, 5) is 10.9. The summed E-state index contributed by atoms with van der Waals surface area (Å²) in [5.41, 5.74) is 0. The molecular weight excluding hydrogens is 170 g/mol. The Bertz CT molecular complexity index is 164. The molecule has 1 aliphatic heterocycles. The minimum absolute atomic E-state index is 0.321. The monoisotopic (exact) mass is 179 g/mol. The molecular formula is C6H10ClNO3. The minimum Gasteiger partial charge on any atom is -0.468 e. The first kappa shape index (κ1) is 8.77. The molecule has 64 valence electrons. The summed E-state index contributed by atoms with van der Waals surface area (Å²) >= 11 is 5.62. The van der Waals surface area contributed by atoms with Crippen LogP contribution >= 0.6 is 11.8 Å². The van der Waals surface area contributed by atoms with Gasteiger partial charge < -0.3 is 9.84 Å². The number of aliphatic hydroxyl groups is 1. The van der Waals surface area contributed by atoms with Gasteiger partial charge in [0.05, 0.1) is 13.2 Å². The molecule has 1 N–H and O–H groups in total. The molecule has 5 heteroatoms. The lowest BCUT2D eigenvalue weighted by molar-refractivity contribution is -0.144. The van der Waals surface area contributed by atoms with Crippen molar-refractivity contribution in [1.82, 2.24) is 4.42 Å². The number of nitrogens with zero attached hydrogens (tertiary/aromatic N) is 1. The van der Waals surface area contributed by atoms with Crippen molar-refractivity contribution in [3.05, 3.63) is 0 Å².